The lowest BCUT2D eigenvalue weighted by molar-refractivity contribution is 0.531. The third-order valence-corrected chi connectivity index (χ3v) is 5.19. The van der Waals surface area contributed by atoms with E-state index in [1.54, 1.807) is 0 Å². The van der Waals surface area contributed by atoms with Crippen LogP contribution in [0.3, 0.4) is 0 Å². The van der Waals surface area contributed by atoms with Gasteiger partial charge in [-0.25, -0.2) is 0 Å². The molecular formula is C23H54N6. The lowest BCUT2D eigenvalue weighted by Gasteiger charge is -2.09. The Morgan fingerprint density at radius 2 is 0.690 bits per heavy atom. The van der Waals surface area contributed by atoms with E-state index in [2.05, 4.69) is 33.5 Å². The molecule has 0 unspecified atom stereocenters. The zero-order valence-corrected chi connectivity index (χ0v) is 19.6. The molecule has 0 aromatic rings. The first-order valence-corrected chi connectivity index (χ1v) is 12.7. The molecule has 0 aliphatic carbocycles. The van der Waals surface area contributed by atoms with E-state index in [1.807, 2.05) is 0 Å². The molecule has 6 nitrogen and oxygen atoms in total. The summed E-state index contributed by atoms with van der Waals surface area (Å²) in [5.41, 5.74) is 5.42. The fraction of sp³-hybridized carbons (Fsp3) is 1.00. The quantitative estimate of drug-likeness (QED) is 0.122. The highest BCUT2D eigenvalue weighted by Gasteiger charge is 1.94. The van der Waals surface area contributed by atoms with Gasteiger partial charge in [0.05, 0.1) is 0 Å². The lowest BCUT2D eigenvalue weighted by atomic mass is 10.1. The van der Waals surface area contributed by atoms with Crippen molar-refractivity contribution in [3.05, 3.63) is 0 Å². The minimum Gasteiger partial charge on any atom is -0.329 e. The molecule has 0 aromatic carbocycles. The van der Waals surface area contributed by atoms with Crippen molar-refractivity contribution in [2.24, 2.45) is 5.73 Å². The molecule has 6 heteroatoms. The molecule has 7 N–H and O–H groups in total. The number of rotatable bonds is 26. The first kappa shape index (κ1) is 28.8. The summed E-state index contributed by atoms with van der Waals surface area (Å²) < 4.78 is 0. The highest BCUT2D eigenvalue weighted by Crippen LogP contribution is 2.10. The van der Waals surface area contributed by atoms with Crippen molar-refractivity contribution in [1.29, 1.82) is 0 Å². The summed E-state index contributed by atoms with van der Waals surface area (Å²) in [6, 6.07) is 0. The molecule has 0 radical (unpaired) electrons. The summed E-state index contributed by atoms with van der Waals surface area (Å²) in [5, 5.41) is 17.2. The molecule has 0 fully saturated rings. The van der Waals surface area contributed by atoms with Crippen LogP contribution in [0.4, 0.5) is 0 Å². The molecule has 0 bridgehead atoms. The molecule has 0 saturated heterocycles. The fourth-order valence-corrected chi connectivity index (χ4v) is 3.35. The van der Waals surface area contributed by atoms with E-state index in [1.165, 1.54) is 77.2 Å². The Morgan fingerprint density at radius 1 is 0.379 bits per heavy atom. The molecule has 0 spiro atoms. The Hall–Kier alpha value is -0.240. The average molecular weight is 415 g/mol. The molecule has 0 saturated carbocycles. The van der Waals surface area contributed by atoms with Crippen LogP contribution < -0.4 is 32.3 Å². The second-order valence-electron chi connectivity index (χ2n) is 8.07. The van der Waals surface area contributed by atoms with E-state index in [0.717, 1.165) is 58.9 Å². The van der Waals surface area contributed by atoms with E-state index in [-0.39, 0.29) is 0 Å². The molecule has 0 aliphatic rings. The topological polar surface area (TPSA) is 86.2 Å². The zero-order chi connectivity index (χ0) is 21.1. The summed E-state index contributed by atoms with van der Waals surface area (Å²) in [7, 11) is 0. The standard InChI is InChI=1S/C23H54N6/c1-2-3-4-5-6-7-8-9-10-11-12-14-25-16-18-27-20-22-29-23-21-28-19-17-26-15-13-24/h25-29H,2-24H2,1H3. The highest BCUT2D eigenvalue weighted by atomic mass is 15.0. The van der Waals surface area contributed by atoms with Crippen molar-refractivity contribution in [3.8, 4) is 0 Å². The van der Waals surface area contributed by atoms with Crippen molar-refractivity contribution in [2.45, 2.75) is 77.6 Å². The Bertz CT molecular complexity index is 252. The van der Waals surface area contributed by atoms with Crippen LogP contribution >= 0.6 is 0 Å². The van der Waals surface area contributed by atoms with Gasteiger partial charge < -0.3 is 32.3 Å². The minimum absolute atomic E-state index is 0.712. The summed E-state index contributed by atoms with van der Waals surface area (Å²) in [5.74, 6) is 0. The van der Waals surface area contributed by atoms with Gasteiger partial charge >= 0.3 is 0 Å². The van der Waals surface area contributed by atoms with E-state index in [0.29, 0.717) is 6.54 Å². The van der Waals surface area contributed by atoms with Crippen LogP contribution in [-0.4, -0.2) is 72.0 Å². The van der Waals surface area contributed by atoms with Crippen molar-refractivity contribution < 1.29 is 0 Å². The van der Waals surface area contributed by atoms with Gasteiger partial charge in [0.1, 0.15) is 0 Å². The molecule has 0 atom stereocenters. The first-order chi connectivity index (χ1) is 14.4. The molecule has 176 valence electrons. The predicted molar refractivity (Wildman–Crippen MR) is 130 cm³/mol. The molecule has 0 amide bonds. The third-order valence-electron chi connectivity index (χ3n) is 5.19. The van der Waals surface area contributed by atoms with Gasteiger partial charge in [-0.15, -0.1) is 0 Å². The Morgan fingerprint density at radius 3 is 1.07 bits per heavy atom. The molecule has 0 heterocycles. The van der Waals surface area contributed by atoms with E-state index in [4.69, 9.17) is 5.73 Å². The molecule has 0 rings (SSSR count). The van der Waals surface area contributed by atoms with Gasteiger partial charge in [0.15, 0.2) is 0 Å². The highest BCUT2D eigenvalue weighted by molar-refractivity contribution is 4.58. The summed E-state index contributed by atoms with van der Waals surface area (Å²) in [6.45, 7) is 13.3. The van der Waals surface area contributed by atoms with Crippen LogP contribution in [0.1, 0.15) is 77.6 Å². The van der Waals surface area contributed by atoms with E-state index >= 15 is 0 Å². The van der Waals surface area contributed by atoms with Crippen LogP contribution in [0.5, 0.6) is 0 Å². The van der Waals surface area contributed by atoms with Crippen molar-refractivity contribution in [3.63, 3.8) is 0 Å². The summed E-state index contributed by atoms with van der Waals surface area (Å²) >= 11 is 0. The Kier molecular flexibility index (Phi) is 27.5. The first-order valence-electron chi connectivity index (χ1n) is 12.7. The van der Waals surface area contributed by atoms with Crippen LogP contribution in [0, 0.1) is 0 Å². The SMILES string of the molecule is CCCCCCCCCCCCCNCCNCCNCCNCCNCCN. The largest absolute Gasteiger partial charge is 0.329 e. The summed E-state index contributed by atoms with van der Waals surface area (Å²) in [4.78, 5) is 0. The van der Waals surface area contributed by atoms with Crippen LogP contribution in [0.15, 0.2) is 0 Å². The minimum atomic E-state index is 0.712. The van der Waals surface area contributed by atoms with Crippen molar-refractivity contribution >= 4 is 0 Å². The molecule has 0 aromatic heterocycles. The predicted octanol–water partition coefficient (Wildman–Crippen LogP) is 2.20. The fourth-order valence-electron chi connectivity index (χ4n) is 3.35. The Labute approximate surface area is 182 Å². The maximum atomic E-state index is 5.42. The zero-order valence-electron chi connectivity index (χ0n) is 19.6. The molecule has 29 heavy (non-hydrogen) atoms. The molecule has 0 aliphatic heterocycles. The number of hydrogen-bond donors (Lipinski definition) is 6. The van der Waals surface area contributed by atoms with Gasteiger partial charge in [0.25, 0.3) is 0 Å². The van der Waals surface area contributed by atoms with E-state index in [9.17, 15) is 0 Å². The van der Waals surface area contributed by atoms with Crippen LogP contribution in [-0.2, 0) is 0 Å². The average Bonchev–Trinajstić information content (AvgIpc) is 2.74. The van der Waals surface area contributed by atoms with Gasteiger partial charge in [0, 0.05) is 65.4 Å². The number of nitrogens with two attached hydrogens (primary N) is 1. The van der Waals surface area contributed by atoms with Gasteiger partial charge in [-0.2, -0.15) is 0 Å². The smallest absolute Gasteiger partial charge is 0.00772 e. The monoisotopic (exact) mass is 414 g/mol. The van der Waals surface area contributed by atoms with Gasteiger partial charge in [-0.05, 0) is 13.0 Å². The van der Waals surface area contributed by atoms with Gasteiger partial charge in [-0.1, -0.05) is 71.1 Å². The van der Waals surface area contributed by atoms with Crippen LogP contribution in [0.2, 0.25) is 0 Å². The van der Waals surface area contributed by atoms with Crippen LogP contribution in [0.25, 0.3) is 0 Å². The third kappa shape index (κ3) is 27.8. The molecular weight excluding hydrogens is 360 g/mol. The summed E-state index contributed by atoms with van der Waals surface area (Å²) in [6.07, 6.45) is 15.6. The lowest BCUT2D eigenvalue weighted by Crippen LogP contribution is -2.37. The second kappa shape index (κ2) is 27.8. The van der Waals surface area contributed by atoms with Gasteiger partial charge in [-0.3, -0.25) is 0 Å². The number of nitrogens with one attached hydrogen (secondary N) is 5. The second-order valence-corrected chi connectivity index (χ2v) is 8.07. The normalized spacial score (nSPS) is 11.4. The number of unbranched alkanes of at least 4 members (excludes halogenated alkanes) is 10. The van der Waals surface area contributed by atoms with Crippen molar-refractivity contribution in [1.82, 2.24) is 26.6 Å². The van der Waals surface area contributed by atoms with Gasteiger partial charge in [0.2, 0.25) is 0 Å². The maximum absolute atomic E-state index is 5.42. The van der Waals surface area contributed by atoms with Crippen molar-refractivity contribution in [2.75, 3.05) is 72.0 Å². The number of hydrogen-bond acceptors (Lipinski definition) is 6. The maximum Gasteiger partial charge on any atom is 0.00772 e. The Balaban J connectivity index is 2.97. The van der Waals surface area contributed by atoms with E-state index < -0.39 is 0 Å².